The molecular weight excluding hydrogens is 536 g/mol. The van der Waals surface area contributed by atoms with Crippen molar-refractivity contribution in [2.24, 2.45) is 11.5 Å². The molecule has 4 N–H and O–H groups in total. The van der Waals surface area contributed by atoms with Crippen molar-refractivity contribution in [1.82, 2.24) is 0 Å². The maximum Gasteiger partial charge on any atom is 0.231 e. The van der Waals surface area contributed by atoms with Gasteiger partial charge in [-0.2, -0.15) is 10.5 Å². The standard InChI is InChI=1S/C32H20N4O6/c33-11-21-27(15-1-7-23-25(9-15)39-13-37-23)19-5-3-18-17(29(19)41-31(21)35)4-6-20-28(22(12-34)32(36)42-30(18)20)16-2-8-24-26(10-16)40-14-38-24/h1-10,27-28H,13-14,35-36H2. The number of nitrogens with zero attached hydrogens (tertiary/aromatic N) is 2. The number of hydrogen-bond acceptors (Lipinski definition) is 10. The summed E-state index contributed by atoms with van der Waals surface area (Å²) in [5, 5.41) is 21.5. The first-order valence-electron chi connectivity index (χ1n) is 13.1. The van der Waals surface area contributed by atoms with Crippen LogP contribution >= 0.6 is 0 Å². The van der Waals surface area contributed by atoms with Crippen LogP contribution < -0.4 is 39.9 Å². The van der Waals surface area contributed by atoms with E-state index in [0.717, 1.165) is 33.0 Å². The minimum Gasteiger partial charge on any atom is -0.454 e. The van der Waals surface area contributed by atoms with Gasteiger partial charge < -0.3 is 39.9 Å². The number of hydrogen-bond donors (Lipinski definition) is 2. The van der Waals surface area contributed by atoms with Gasteiger partial charge in [0, 0.05) is 21.9 Å². The monoisotopic (exact) mass is 556 g/mol. The molecule has 4 heterocycles. The van der Waals surface area contributed by atoms with Crippen LogP contribution in [0.15, 0.2) is 83.6 Å². The Hall–Kier alpha value is -6.00. The van der Waals surface area contributed by atoms with Gasteiger partial charge in [-0.25, -0.2) is 0 Å². The molecule has 42 heavy (non-hydrogen) atoms. The van der Waals surface area contributed by atoms with Crippen LogP contribution in [-0.2, 0) is 0 Å². The van der Waals surface area contributed by atoms with E-state index in [0.29, 0.717) is 45.6 Å². The van der Waals surface area contributed by atoms with Gasteiger partial charge in [0.25, 0.3) is 0 Å². The molecule has 2 unspecified atom stereocenters. The summed E-state index contributed by atoms with van der Waals surface area (Å²) in [7, 11) is 0. The van der Waals surface area contributed by atoms with Crippen LogP contribution in [0.5, 0.6) is 34.5 Å². The Labute approximate surface area is 239 Å². The molecule has 0 saturated carbocycles. The number of nitriles is 2. The van der Waals surface area contributed by atoms with Gasteiger partial charge in [-0.15, -0.1) is 0 Å². The zero-order valence-electron chi connectivity index (χ0n) is 21.8. The van der Waals surface area contributed by atoms with Crippen molar-refractivity contribution >= 4 is 10.8 Å². The Balaban J connectivity index is 1.31. The van der Waals surface area contributed by atoms with E-state index < -0.39 is 11.8 Å². The Morgan fingerprint density at radius 1 is 0.571 bits per heavy atom. The van der Waals surface area contributed by atoms with Gasteiger partial charge in [-0.1, -0.05) is 36.4 Å². The Morgan fingerprint density at radius 2 is 1.00 bits per heavy atom. The summed E-state index contributed by atoms with van der Waals surface area (Å²) >= 11 is 0. The minimum atomic E-state index is -0.494. The molecule has 10 heteroatoms. The number of allylic oxidation sites excluding steroid dienone is 2. The van der Waals surface area contributed by atoms with E-state index in [2.05, 4.69) is 12.1 Å². The Morgan fingerprint density at radius 3 is 1.43 bits per heavy atom. The van der Waals surface area contributed by atoms with Gasteiger partial charge >= 0.3 is 0 Å². The summed E-state index contributed by atoms with van der Waals surface area (Å²) in [6.45, 7) is 0.278. The van der Waals surface area contributed by atoms with Crippen molar-refractivity contribution in [3.63, 3.8) is 0 Å². The number of benzene rings is 4. The van der Waals surface area contributed by atoms with E-state index in [9.17, 15) is 10.5 Å². The fourth-order valence-electron chi connectivity index (χ4n) is 6.11. The highest BCUT2D eigenvalue weighted by Crippen LogP contribution is 2.52. The Bertz CT molecular complexity index is 1870. The topological polar surface area (TPSA) is 155 Å². The van der Waals surface area contributed by atoms with Crippen molar-refractivity contribution < 1.29 is 28.4 Å². The lowest BCUT2D eigenvalue weighted by Gasteiger charge is -2.30. The molecule has 4 aromatic rings. The van der Waals surface area contributed by atoms with E-state index in [4.69, 9.17) is 39.9 Å². The fraction of sp³-hybridized carbons (Fsp3) is 0.125. The van der Waals surface area contributed by atoms with Gasteiger partial charge in [-0.05, 0) is 35.4 Å². The van der Waals surface area contributed by atoms with Gasteiger partial charge in [0.15, 0.2) is 23.0 Å². The molecule has 4 aromatic carbocycles. The van der Waals surface area contributed by atoms with Crippen LogP contribution in [0.1, 0.15) is 34.1 Å². The lowest BCUT2D eigenvalue weighted by atomic mass is 9.80. The maximum atomic E-state index is 10.1. The molecule has 0 aromatic heterocycles. The van der Waals surface area contributed by atoms with E-state index in [1.54, 1.807) is 0 Å². The van der Waals surface area contributed by atoms with Crippen molar-refractivity contribution in [3.05, 3.63) is 106 Å². The van der Waals surface area contributed by atoms with Gasteiger partial charge in [0.1, 0.15) is 34.8 Å². The van der Waals surface area contributed by atoms with Crippen LogP contribution in [0.3, 0.4) is 0 Å². The van der Waals surface area contributed by atoms with Gasteiger partial charge in [0.05, 0.1) is 11.8 Å². The lowest BCUT2D eigenvalue weighted by molar-refractivity contribution is 0.173. The Kier molecular flexibility index (Phi) is 4.97. The first kappa shape index (κ1) is 23.9. The minimum absolute atomic E-state index is 0.0169. The molecule has 0 aliphatic carbocycles. The molecule has 204 valence electrons. The largest absolute Gasteiger partial charge is 0.454 e. The lowest BCUT2D eigenvalue weighted by Crippen LogP contribution is -2.22. The second-order valence-corrected chi connectivity index (χ2v) is 10.1. The predicted molar refractivity (Wildman–Crippen MR) is 148 cm³/mol. The fourth-order valence-corrected chi connectivity index (χ4v) is 6.11. The number of rotatable bonds is 2. The SMILES string of the molecule is N#CC1=C(N)Oc2c(ccc3c4c(ccc23)C(c2ccc3c(c2)OCO3)C(C#N)=C(N)O4)C1c1ccc2c(c1)OCO2. The third kappa shape index (κ3) is 3.30. The molecule has 2 atom stereocenters. The average Bonchev–Trinajstić information content (AvgIpc) is 3.68. The highest BCUT2D eigenvalue weighted by Gasteiger charge is 2.36. The van der Waals surface area contributed by atoms with Gasteiger partial charge in [-0.3, -0.25) is 0 Å². The highest BCUT2D eigenvalue weighted by molar-refractivity contribution is 5.97. The average molecular weight is 557 g/mol. The normalized spacial score (nSPS) is 19.4. The van der Waals surface area contributed by atoms with E-state index in [1.807, 2.05) is 60.7 Å². The summed E-state index contributed by atoms with van der Waals surface area (Å²) in [6, 6.07) is 23.2. The zero-order chi connectivity index (χ0) is 28.5. The van der Waals surface area contributed by atoms with Crippen LogP contribution in [0.2, 0.25) is 0 Å². The predicted octanol–water partition coefficient (Wildman–Crippen LogP) is 4.73. The number of ether oxygens (including phenoxy) is 6. The van der Waals surface area contributed by atoms with E-state index >= 15 is 0 Å². The molecule has 0 bridgehead atoms. The summed E-state index contributed by atoms with van der Waals surface area (Å²) in [5.74, 6) is 2.54. The molecule has 10 nitrogen and oxygen atoms in total. The third-order valence-electron chi connectivity index (χ3n) is 8.02. The number of fused-ring (bicyclic) bond motifs is 7. The van der Waals surface area contributed by atoms with E-state index in [1.165, 1.54) is 0 Å². The van der Waals surface area contributed by atoms with Crippen molar-refractivity contribution in [2.75, 3.05) is 13.6 Å². The van der Waals surface area contributed by atoms with Crippen LogP contribution in [0, 0.1) is 22.7 Å². The third-order valence-corrected chi connectivity index (χ3v) is 8.02. The first-order valence-corrected chi connectivity index (χ1v) is 13.1. The smallest absolute Gasteiger partial charge is 0.231 e. The van der Waals surface area contributed by atoms with Crippen LogP contribution in [-0.4, -0.2) is 13.6 Å². The molecule has 0 saturated heterocycles. The maximum absolute atomic E-state index is 10.1. The van der Waals surface area contributed by atoms with Crippen molar-refractivity contribution in [1.29, 1.82) is 10.5 Å². The first-order chi connectivity index (χ1) is 20.6. The van der Waals surface area contributed by atoms with Crippen LogP contribution in [0.4, 0.5) is 0 Å². The second kappa shape index (κ2) is 8.75. The summed E-state index contributed by atoms with van der Waals surface area (Å²) in [6.07, 6.45) is 0. The zero-order valence-corrected chi connectivity index (χ0v) is 21.8. The number of nitrogens with two attached hydrogens (primary N) is 2. The summed E-state index contributed by atoms with van der Waals surface area (Å²) in [4.78, 5) is 0. The molecule has 4 aliphatic rings. The van der Waals surface area contributed by atoms with E-state index in [-0.39, 0.29) is 25.4 Å². The van der Waals surface area contributed by atoms with Crippen molar-refractivity contribution in [2.45, 2.75) is 11.8 Å². The summed E-state index contributed by atoms with van der Waals surface area (Å²) < 4.78 is 34.4. The molecular formula is C32H20N4O6. The van der Waals surface area contributed by atoms with Gasteiger partial charge in [0.2, 0.25) is 25.4 Å². The molecule has 0 spiro atoms. The molecule has 0 amide bonds. The molecule has 4 aliphatic heterocycles. The molecule has 0 radical (unpaired) electrons. The summed E-state index contributed by atoms with van der Waals surface area (Å²) in [5.41, 5.74) is 16.4. The highest BCUT2D eigenvalue weighted by atomic mass is 16.7. The van der Waals surface area contributed by atoms with Crippen molar-refractivity contribution in [3.8, 4) is 46.6 Å². The molecule has 8 rings (SSSR count). The molecule has 0 fully saturated rings. The quantitative estimate of drug-likeness (QED) is 0.354. The van der Waals surface area contributed by atoms with Crippen LogP contribution in [0.25, 0.3) is 10.8 Å². The second-order valence-electron chi connectivity index (χ2n) is 10.1.